The minimum Gasteiger partial charge on any atom is -0.388 e. The van der Waals surface area contributed by atoms with Crippen molar-refractivity contribution in [3.05, 3.63) is 0 Å². The molecule has 3 fully saturated rings. The molecule has 4 heteroatoms. The van der Waals surface area contributed by atoms with Gasteiger partial charge in [0.15, 0.2) is 0 Å². The molecule has 0 aromatic carbocycles. The predicted octanol–water partition coefficient (Wildman–Crippen LogP) is 1.58. The minimum absolute atomic E-state index is 0.185. The summed E-state index contributed by atoms with van der Waals surface area (Å²) in [6.45, 7) is 2.55. The Morgan fingerprint density at radius 2 is 1.75 bits per heavy atom. The van der Waals surface area contributed by atoms with Crippen LogP contribution in [0.2, 0.25) is 0 Å². The van der Waals surface area contributed by atoms with Crippen molar-refractivity contribution in [3.63, 3.8) is 0 Å². The first kappa shape index (κ1) is 14.3. The van der Waals surface area contributed by atoms with Crippen LogP contribution in [0.25, 0.3) is 0 Å². The first-order chi connectivity index (χ1) is 9.64. The van der Waals surface area contributed by atoms with Crippen LogP contribution in [-0.4, -0.2) is 36.2 Å². The van der Waals surface area contributed by atoms with E-state index in [1.165, 1.54) is 12.8 Å². The first-order valence-electron chi connectivity index (χ1n) is 8.35. The van der Waals surface area contributed by atoms with Gasteiger partial charge in [-0.2, -0.15) is 0 Å². The lowest BCUT2D eigenvalue weighted by molar-refractivity contribution is -0.124. The molecule has 1 heterocycles. The lowest BCUT2D eigenvalue weighted by Gasteiger charge is -2.27. The van der Waals surface area contributed by atoms with E-state index in [0.717, 1.165) is 58.0 Å². The fraction of sp³-hybridized carbons (Fsp3) is 0.938. The Balaban J connectivity index is 1.47. The number of hydrogen-bond donors (Lipinski definition) is 3. The summed E-state index contributed by atoms with van der Waals surface area (Å²) in [5, 5.41) is 17.0. The zero-order chi connectivity index (χ0) is 14.1. The minimum atomic E-state index is -0.650. The number of rotatable bonds is 3. The number of carbonyl (C=O) groups is 1. The average Bonchev–Trinajstić information content (AvgIpc) is 3.18. The molecule has 4 nitrogen and oxygen atoms in total. The van der Waals surface area contributed by atoms with Gasteiger partial charge in [-0.05, 0) is 50.6 Å². The maximum Gasteiger partial charge on any atom is 0.223 e. The van der Waals surface area contributed by atoms with Crippen LogP contribution in [0.3, 0.4) is 0 Å². The van der Waals surface area contributed by atoms with Crippen LogP contribution in [0.1, 0.15) is 57.8 Å². The molecule has 0 bridgehead atoms. The molecule has 0 aromatic rings. The van der Waals surface area contributed by atoms with Gasteiger partial charge in [0.1, 0.15) is 0 Å². The van der Waals surface area contributed by atoms with E-state index in [-0.39, 0.29) is 11.8 Å². The summed E-state index contributed by atoms with van der Waals surface area (Å²) in [4.78, 5) is 12.3. The molecular weight excluding hydrogens is 252 g/mol. The summed E-state index contributed by atoms with van der Waals surface area (Å²) in [5.74, 6) is 0.392. The summed E-state index contributed by atoms with van der Waals surface area (Å²) in [7, 11) is 0. The number of hydrogen-bond acceptors (Lipinski definition) is 3. The standard InChI is InChI=1S/C16H28N2O2/c19-14(13-11-15(13)7-9-17-10-8-15)18-12-16(20)5-3-1-2-4-6-16/h13,17,20H,1-12H2,(H,18,19). The van der Waals surface area contributed by atoms with E-state index in [4.69, 9.17) is 0 Å². The Morgan fingerprint density at radius 3 is 2.40 bits per heavy atom. The average molecular weight is 280 g/mol. The molecule has 20 heavy (non-hydrogen) atoms. The molecule has 1 unspecified atom stereocenters. The largest absolute Gasteiger partial charge is 0.388 e. The van der Waals surface area contributed by atoms with Gasteiger partial charge in [-0.1, -0.05) is 25.7 Å². The van der Waals surface area contributed by atoms with Crippen LogP contribution in [0.15, 0.2) is 0 Å². The number of amides is 1. The van der Waals surface area contributed by atoms with Gasteiger partial charge in [0, 0.05) is 12.5 Å². The molecule has 3 aliphatic rings. The Labute approximate surface area is 121 Å². The molecule has 1 aliphatic heterocycles. The molecule has 1 atom stereocenters. The van der Waals surface area contributed by atoms with Crippen LogP contribution >= 0.6 is 0 Å². The fourth-order valence-electron chi connectivity index (χ4n) is 4.13. The van der Waals surface area contributed by atoms with Crippen molar-refractivity contribution in [1.82, 2.24) is 10.6 Å². The van der Waals surface area contributed by atoms with Gasteiger partial charge in [-0.25, -0.2) is 0 Å². The molecule has 1 saturated heterocycles. The van der Waals surface area contributed by atoms with Gasteiger partial charge >= 0.3 is 0 Å². The molecule has 1 spiro atoms. The van der Waals surface area contributed by atoms with Gasteiger partial charge in [-0.3, -0.25) is 4.79 Å². The van der Waals surface area contributed by atoms with Crippen molar-refractivity contribution >= 4 is 5.91 Å². The van der Waals surface area contributed by atoms with Gasteiger partial charge in [0.2, 0.25) is 5.91 Å². The van der Waals surface area contributed by atoms with Crippen molar-refractivity contribution in [2.75, 3.05) is 19.6 Å². The SMILES string of the molecule is O=C(NCC1(O)CCCCCC1)C1CC12CCNCC2. The Kier molecular flexibility index (Phi) is 4.04. The van der Waals surface area contributed by atoms with Gasteiger partial charge in [0.05, 0.1) is 5.60 Å². The summed E-state index contributed by atoms with van der Waals surface area (Å²) >= 11 is 0. The molecule has 0 radical (unpaired) electrons. The lowest BCUT2D eigenvalue weighted by Crippen LogP contribution is -2.44. The molecule has 2 saturated carbocycles. The lowest BCUT2D eigenvalue weighted by atomic mass is 9.91. The zero-order valence-corrected chi connectivity index (χ0v) is 12.4. The highest BCUT2D eigenvalue weighted by molar-refractivity contribution is 5.82. The van der Waals surface area contributed by atoms with E-state index < -0.39 is 5.60 Å². The highest BCUT2D eigenvalue weighted by atomic mass is 16.3. The third-order valence-corrected chi connectivity index (χ3v) is 5.73. The normalized spacial score (nSPS) is 31.6. The maximum absolute atomic E-state index is 12.3. The van der Waals surface area contributed by atoms with Gasteiger partial charge < -0.3 is 15.7 Å². The van der Waals surface area contributed by atoms with E-state index in [0.29, 0.717) is 12.0 Å². The highest BCUT2D eigenvalue weighted by Gasteiger charge is 2.57. The van der Waals surface area contributed by atoms with Gasteiger partial charge in [0.25, 0.3) is 0 Å². The van der Waals surface area contributed by atoms with Crippen LogP contribution in [0.4, 0.5) is 0 Å². The summed E-state index contributed by atoms with van der Waals surface area (Å²) in [5.41, 5.74) is -0.357. The van der Waals surface area contributed by atoms with Crippen LogP contribution in [0.5, 0.6) is 0 Å². The third kappa shape index (κ3) is 3.01. The van der Waals surface area contributed by atoms with Gasteiger partial charge in [-0.15, -0.1) is 0 Å². The molecule has 114 valence electrons. The van der Waals surface area contributed by atoms with Crippen LogP contribution < -0.4 is 10.6 Å². The second-order valence-electron chi connectivity index (χ2n) is 7.23. The van der Waals surface area contributed by atoms with Crippen molar-refractivity contribution in [3.8, 4) is 0 Å². The number of aliphatic hydroxyl groups is 1. The number of piperidine rings is 1. The quantitative estimate of drug-likeness (QED) is 0.688. The Hall–Kier alpha value is -0.610. The summed E-state index contributed by atoms with van der Waals surface area (Å²) < 4.78 is 0. The predicted molar refractivity (Wildman–Crippen MR) is 78.3 cm³/mol. The van der Waals surface area contributed by atoms with E-state index in [1.807, 2.05) is 0 Å². The molecule has 3 rings (SSSR count). The molecule has 1 amide bonds. The summed E-state index contributed by atoms with van der Waals surface area (Å²) in [6.07, 6.45) is 9.62. The van der Waals surface area contributed by atoms with E-state index >= 15 is 0 Å². The maximum atomic E-state index is 12.3. The summed E-state index contributed by atoms with van der Waals surface area (Å²) in [6, 6.07) is 0. The second kappa shape index (κ2) is 5.64. The van der Waals surface area contributed by atoms with Crippen LogP contribution in [-0.2, 0) is 4.79 Å². The molecule has 3 N–H and O–H groups in total. The Morgan fingerprint density at radius 1 is 1.10 bits per heavy atom. The smallest absolute Gasteiger partial charge is 0.223 e. The first-order valence-corrected chi connectivity index (χ1v) is 8.35. The Bertz CT molecular complexity index is 355. The van der Waals surface area contributed by atoms with Crippen molar-refractivity contribution in [1.29, 1.82) is 0 Å². The monoisotopic (exact) mass is 280 g/mol. The third-order valence-electron chi connectivity index (χ3n) is 5.73. The number of nitrogens with one attached hydrogen (secondary N) is 2. The molecule has 2 aliphatic carbocycles. The second-order valence-corrected chi connectivity index (χ2v) is 7.23. The molecule has 0 aromatic heterocycles. The zero-order valence-electron chi connectivity index (χ0n) is 12.4. The van der Waals surface area contributed by atoms with E-state index in [1.54, 1.807) is 0 Å². The fourth-order valence-corrected chi connectivity index (χ4v) is 4.13. The van der Waals surface area contributed by atoms with Crippen LogP contribution in [0, 0.1) is 11.3 Å². The molecular formula is C16H28N2O2. The van der Waals surface area contributed by atoms with Crippen molar-refractivity contribution in [2.45, 2.75) is 63.4 Å². The topological polar surface area (TPSA) is 61.4 Å². The van der Waals surface area contributed by atoms with Crippen molar-refractivity contribution in [2.24, 2.45) is 11.3 Å². The van der Waals surface area contributed by atoms with E-state index in [9.17, 15) is 9.90 Å². The highest BCUT2D eigenvalue weighted by Crippen LogP contribution is 2.58. The number of carbonyl (C=O) groups excluding carboxylic acids is 1. The van der Waals surface area contributed by atoms with E-state index in [2.05, 4.69) is 10.6 Å². The van der Waals surface area contributed by atoms with Crippen molar-refractivity contribution < 1.29 is 9.90 Å².